The molecule has 1 aliphatic rings. The molecule has 148 valence electrons. The molecule has 0 aliphatic heterocycles. The predicted octanol–water partition coefficient (Wildman–Crippen LogP) is 2.62. The maximum atomic E-state index is 13.4. The van der Waals surface area contributed by atoms with Crippen LogP contribution in [0.25, 0.3) is 11.0 Å². The molecule has 8 heteroatoms. The van der Waals surface area contributed by atoms with Crippen molar-refractivity contribution in [3.8, 4) is 0 Å². The SMILES string of the molecule is Cn1c(=O)n(C)c2cc(S(=O)(=O)N(Cc3ccc(F)cc3)CC3CC3)ccc21. The minimum Gasteiger partial charge on any atom is -0.295 e. The Labute approximate surface area is 162 Å². The maximum absolute atomic E-state index is 13.4. The number of fused-ring (bicyclic) bond motifs is 1. The molecule has 0 amide bonds. The summed E-state index contributed by atoms with van der Waals surface area (Å²) >= 11 is 0. The molecule has 2 aromatic carbocycles. The smallest absolute Gasteiger partial charge is 0.295 e. The first kappa shape index (κ1) is 18.9. The van der Waals surface area contributed by atoms with Crippen LogP contribution in [0.3, 0.4) is 0 Å². The van der Waals surface area contributed by atoms with Gasteiger partial charge >= 0.3 is 5.69 Å². The first-order valence-electron chi connectivity index (χ1n) is 9.17. The van der Waals surface area contributed by atoms with E-state index >= 15 is 0 Å². The van der Waals surface area contributed by atoms with E-state index in [1.165, 1.54) is 25.6 Å². The van der Waals surface area contributed by atoms with Crippen LogP contribution in [0, 0.1) is 11.7 Å². The van der Waals surface area contributed by atoms with Crippen molar-refractivity contribution in [3.63, 3.8) is 0 Å². The number of nitrogens with zero attached hydrogens (tertiary/aromatic N) is 3. The van der Waals surface area contributed by atoms with Gasteiger partial charge in [-0.2, -0.15) is 4.31 Å². The largest absolute Gasteiger partial charge is 0.328 e. The van der Waals surface area contributed by atoms with E-state index < -0.39 is 10.0 Å². The van der Waals surface area contributed by atoms with E-state index in [-0.39, 0.29) is 22.9 Å². The zero-order chi connectivity index (χ0) is 20.1. The van der Waals surface area contributed by atoms with Crippen molar-refractivity contribution in [2.45, 2.75) is 24.3 Å². The van der Waals surface area contributed by atoms with Gasteiger partial charge in [-0.25, -0.2) is 17.6 Å². The Hall–Kier alpha value is -2.45. The number of aromatic nitrogens is 2. The van der Waals surface area contributed by atoms with E-state index in [2.05, 4.69) is 0 Å². The van der Waals surface area contributed by atoms with Crippen LogP contribution in [0.2, 0.25) is 0 Å². The number of benzene rings is 2. The summed E-state index contributed by atoms with van der Waals surface area (Å²) in [5.74, 6) is 0.0100. The van der Waals surface area contributed by atoms with Crippen LogP contribution in [0.1, 0.15) is 18.4 Å². The summed E-state index contributed by atoms with van der Waals surface area (Å²) in [7, 11) is -0.475. The fourth-order valence-corrected chi connectivity index (χ4v) is 4.95. The van der Waals surface area contributed by atoms with Gasteiger partial charge in [-0.1, -0.05) is 12.1 Å². The van der Waals surface area contributed by atoms with Crippen LogP contribution in [0.5, 0.6) is 0 Å². The Balaban J connectivity index is 1.74. The molecule has 1 saturated carbocycles. The molecule has 3 aromatic rings. The molecule has 0 saturated heterocycles. The molecule has 0 bridgehead atoms. The molecule has 0 N–H and O–H groups in total. The van der Waals surface area contributed by atoms with Crippen molar-refractivity contribution in [1.29, 1.82) is 0 Å². The Morgan fingerprint density at radius 3 is 2.32 bits per heavy atom. The quantitative estimate of drug-likeness (QED) is 0.636. The Morgan fingerprint density at radius 2 is 1.68 bits per heavy atom. The molecule has 0 spiro atoms. The van der Waals surface area contributed by atoms with Crippen molar-refractivity contribution in [2.24, 2.45) is 20.0 Å². The zero-order valence-electron chi connectivity index (χ0n) is 15.8. The van der Waals surface area contributed by atoms with Gasteiger partial charge in [0.25, 0.3) is 0 Å². The Kier molecular flexibility index (Phi) is 4.63. The second-order valence-corrected chi connectivity index (χ2v) is 9.36. The highest BCUT2D eigenvalue weighted by molar-refractivity contribution is 7.89. The van der Waals surface area contributed by atoms with Crippen molar-refractivity contribution in [1.82, 2.24) is 13.4 Å². The van der Waals surface area contributed by atoms with Gasteiger partial charge in [-0.15, -0.1) is 0 Å². The summed E-state index contributed by atoms with van der Waals surface area (Å²) in [5.41, 5.74) is 1.78. The van der Waals surface area contributed by atoms with Crippen LogP contribution >= 0.6 is 0 Å². The summed E-state index contributed by atoms with van der Waals surface area (Å²) in [6, 6.07) is 10.6. The molecule has 1 heterocycles. The third-order valence-electron chi connectivity index (χ3n) is 5.31. The molecule has 4 rings (SSSR count). The van der Waals surface area contributed by atoms with Crippen LogP contribution in [-0.4, -0.2) is 28.4 Å². The van der Waals surface area contributed by atoms with Crippen LogP contribution in [0.4, 0.5) is 4.39 Å². The van der Waals surface area contributed by atoms with Crippen molar-refractivity contribution < 1.29 is 12.8 Å². The first-order chi connectivity index (χ1) is 13.3. The van der Waals surface area contributed by atoms with Gasteiger partial charge in [0.1, 0.15) is 5.82 Å². The van der Waals surface area contributed by atoms with Gasteiger partial charge in [0.2, 0.25) is 10.0 Å². The highest BCUT2D eigenvalue weighted by Gasteiger charge is 2.32. The van der Waals surface area contributed by atoms with Gasteiger partial charge in [0, 0.05) is 27.2 Å². The average molecular weight is 403 g/mol. The number of hydrogen-bond acceptors (Lipinski definition) is 3. The summed E-state index contributed by atoms with van der Waals surface area (Å²) in [4.78, 5) is 12.3. The van der Waals surface area contributed by atoms with Gasteiger partial charge in [-0.3, -0.25) is 9.13 Å². The second-order valence-electron chi connectivity index (χ2n) is 7.42. The standard InChI is InChI=1S/C20H22FN3O3S/c1-22-18-10-9-17(11-19(18)23(2)20(22)25)28(26,27)24(12-14-3-4-14)13-15-5-7-16(21)8-6-15/h5-11,14H,3-4,12-13H2,1-2H3. The number of aryl methyl sites for hydroxylation is 2. The molecule has 0 atom stereocenters. The normalized spacial score (nSPS) is 14.9. The second kappa shape index (κ2) is 6.86. The molecular formula is C20H22FN3O3S. The van der Waals surface area contributed by atoms with Gasteiger partial charge in [0.15, 0.2) is 0 Å². The van der Waals surface area contributed by atoms with E-state index in [4.69, 9.17) is 0 Å². The molecule has 28 heavy (non-hydrogen) atoms. The lowest BCUT2D eigenvalue weighted by molar-refractivity contribution is 0.391. The van der Waals surface area contributed by atoms with E-state index in [9.17, 15) is 17.6 Å². The van der Waals surface area contributed by atoms with E-state index in [1.807, 2.05) is 0 Å². The average Bonchev–Trinajstić information content (AvgIpc) is 3.47. The Morgan fingerprint density at radius 1 is 1.04 bits per heavy atom. The minimum absolute atomic E-state index is 0.156. The number of imidazole rings is 1. The molecule has 1 aromatic heterocycles. The first-order valence-corrected chi connectivity index (χ1v) is 10.6. The van der Waals surface area contributed by atoms with Gasteiger partial charge in [0.05, 0.1) is 15.9 Å². The topological polar surface area (TPSA) is 64.3 Å². The maximum Gasteiger partial charge on any atom is 0.328 e. The summed E-state index contributed by atoms with van der Waals surface area (Å²) in [5, 5.41) is 0. The van der Waals surface area contributed by atoms with Crippen molar-refractivity contribution >= 4 is 21.1 Å². The van der Waals surface area contributed by atoms with Gasteiger partial charge in [-0.05, 0) is 54.7 Å². The van der Waals surface area contributed by atoms with Crippen molar-refractivity contribution in [2.75, 3.05) is 6.54 Å². The molecule has 6 nitrogen and oxygen atoms in total. The third-order valence-corrected chi connectivity index (χ3v) is 7.12. The third kappa shape index (κ3) is 3.38. The molecule has 0 unspecified atom stereocenters. The van der Waals surface area contributed by atoms with E-state index in [0.717, 1.165) is 18.4 Å². The lowest BCUT2D eigenvalue weighted by Crippen LogP contribution is -2.32. The minimum atomic E-state index is -3.76. The number of sulfonamides is 1. The summed E-state index contributed by atoms with van der Waals surface area (Å²) < 4.78 is 44.3. The highest BCUT2D eigenvalue weighted by atomic mass is 32.2. The van der Waals surface area contributed by atoms with E-state index in [0.29, 0.717) is 23.5 Å². The molecule has 1 fully saturated rings. The summed E-state index contributed by atoms with van der Waals surface area (Å²) in [6.07, 6.45) is 2.03. The molecule has 0 radical (unpaired) electrons. The lowest BCUT2D eigenvalue weighted by atomic mass is 10.2. The van der Waals surface area contributed by atoms with Crippen LogP contribution in [-0.2, 0) is 30.7 Å². The highest BCUT2D eigenvalue weighted by Crippen LogP contribution is 2.33. The fourth-order valence-electron chi connectivity index (χ4n) is 3.43. The van der Waals surface area contributed by atoms with Crippen LogP contribution in [0.15, 0.2) is 52.2 Å². The lowest BCUT2D eigenvalue weighted by Gasteiger charge is -2.22. The predicted molar refractivity (Wildman–Crippen MR) is 105 cm³/mol. The Bertz CT molecular complexity index is 1190. The fraction of sp³-hybridized carbons (Fsp3) is 0.350. The van der Waals surface area contributed by atoms with E-state index in [1.54, 1.807) is 44.4 Å². The van der Waals surface area contributed by atoms with Gasteiger partial charge < -0.3 is 0 Å². The molecule has 1 aliphatic carbocycles. The monoisotopic (exact) mass is 403 g/mol. The number of rotatable bonds is 6. The number of halogens is 1. The zero-order valence-corrected chi connectivity index (χ0v) is 16.6. The van der Waals surface area contributed by atoms with Crippen LogP contribution < -0.4 is 5.69 Å². The number of hydrogen-bond donors (Lipinski definition) is 0. The van der Waals surface area contributed by atoms with Crippen molar-refractivity contribution in [3.05, 3.63) is 64.3 Å². The summed E-state index contributed by atoms with van der Waals surface area (Å²) in [6.45, 7) is 0.621. The molecular weight excluding hydrogens is 381 g/mol.